The zero-order valence-electron chi connectivity index (χ0n) is 18.9. The zero-order valence-corrected chi connectivity index (χ0v) is 20.4. The molecule has 2 N–H and O–H groups in total. The predicted molar refractivity (Wildman–Crippen MR) is 137 cm³/mol. The number of aromatic hydroxyl groups is 1. The Morgan fingerprint density at radius 2 is 1.71 bits per heavy atom. The molecule has 0 spiro atoms. The Labute approximate surface area is 207 Å². The van der Waals surface area contributed by atoms with Crippen molar-refractivity contribution >= 4 is 51.5 Å². The standard InChI is InChI=1S/C26H23Cl2N3O3/c1-31(2)14-19-20(27)12-17(13-21(19)28)29-24(15-7-5-4-6-8-15)23-18-10-9-16(26(33)34-3)11-22(18)30-25(23)32/h4-13,30,32H,14H2,1-3H3. The van der Waals surface area contributed by atoms with Gasteiger partial charge in [-0.2, -0.15) is 0 Å². The minimum atomic E-state index is -0.461. The highest BCUT2D eigenvalue weighted by Crippen LogP contribution is 2.35. The third-order valence-electron chi connectivity index (χ3n) is 5.32. The van der Waals surface area contributed by atoms with Gasteiger partial charge in [0.05, 0.1) is 29.6 Å². The molecule has 0 radical (unpaired) electrons. The summed E-state index contributed by atoms with van der Waals surface area (Å²) in [6.45, 7) is 0.596. The maximum Gasteiger partial charge on any atom is 0.337 e. The molecule has 4 rings (SSSR count). The van der Waals surface area contributed by atoms with E-state index in [2.05, 4.69) is 4.98 Å². The molecule has 0 bridgehead atoms. The van der Waals surface area contributed by atoms with Crippen molar-refractivity contribution < 1.29 is 14.6 Å². The maximum atomic E-state index is 12.0. The van der Waals surface area contributed by atoms with Crippen LogP contribution in [0.2, 0.25) is 10.0 Å². The minimum absolute atomic E-state index is 0.0685. The Morgan fingerprint density at radius 3 is 2.32 bits per heavy atom. The van der Waals surface area contributed by atoms with Crippen LogP contribution >= 0.6 is 23.2 Å². The highest BCUT2D eigenvalue weighted by atomic mass is 35.5. The summed E-state index contributed by atoms with van der Waals surface area (Å²) in [5, 5.41) is 12.6. The number of nitrogens with zero attached hydrogens (tertiary/aromatic N) is 2. The summed E-state index contributed by atoms with van der Waals surface area (Å²) in [5.74, 6) is -0.530. The van der Waals surface area contributed by atoms with E-state index < -0.39 is 5.97 Å². The van der Waals surface area contributed by atoms with Gasteiger partial charge in [-0.1, -0.05) is 59.6 Å². The molecule has 8 heteroatoms. The molecular weight excluding hydrogens is 473 g/mol. The lowest BCUT2D eigenvalue weighted by Gasteiger charge is -2.14. The van der Waals surface area contributed by atoms with Gasteiger partial charge in [0.15, 0.2) is 5.88 Å². The number of aliphatic imine (C=N–C) groups is 1. The summed E-state index contributed by atoms with van der Waals surface area (Å²) in [4.78, 5) is 21.7. The van der Waals surface area contributed by atoms with Gasteiger partial charge in [0.25, 0.3) is 0 Å². The molecule has 1 aromatic heterocycles. The SMILES string of the molecule is COC(=O)c1ccc2c(C(=Nc3cc(Cl)c(CN(C)C)c(Cl)c3)c3ccccc3)c(O)[nH]c2c1. The molecule has 174 valence electrons. The van der Waals surface area contributed by atoms with E-state index in [-0.39, 0.29) is 5.88 Å². The summed E-state index contributed by atoms with van der Waals surface area (Å²) in [6.07, 6.45) is 0. The molecule has 0 saturated carbocycles. The molecule has 3 aromatic carbocycles. The molecule has 0 aliphatic carbocycles. The van der Waals surface area contributed by atoms with Crippen molar-refractivity contribution in [1.82, 2.24) is 9.88 Å². The number of carbonyl (C=O) groups excluding carboxylic acids is 1. The van der Waals surface area contributed by atoms with Crippen molar-refractivity contribution in [3.05, 3.63) is 93.0 Å². The first-order valence-electron chi connectivity index (χ1n) is 10.5. The van der Waals surface area contributed by atoms with Gasteiger partial charge in [0, 0.05) is 38.6 Å². The predicted octanol–water partition coefficient (Wildman–Crippen LogP) is 6.20. The van der Waals surface area contributed by atoms with E-state index in [4.69, 9.17) is 32.9 Å². The first-order valence-corrected chi connectivity index (χ1v) is 11.2. The number of hydrogen-bond acceptors (Lipinski definition) is 5. The molecule has 0 aliphatic heterocycles. The van der Waals surface area contributed by atoms with E-state index >= 15 is 0 Å². The van der Waals surface area contributed by atoms with Crippen LogP contribution in [-0.4, -0.2) is 47.9 Å². The van der Waals surface area contributed by atoms with Crippen molar-refractivity contribution in [2.75, 3.05) is 21.2 Å². The van der Waals surface area contributed by atoms with Crippen LogP contribution in [-0.2, 0) is 11.3 Å². The van der Waals surface area contributed by atoms with Crippen LogP contribution in [0.4, 0.5) is 5.69 Å². The number of methoxy groups -OCH3 is 1. The van der Waals surface area contributed by atoms with Crippen LogP contribution < -0.4 is 0 Å². The largest absolute Gasteiger partial charge is 0.494 e. The summed E-state index contributed by atoms with van der Waals surface area (Å²) in [6, 6.07) is 18.1. The fourth-order valence-corrected chi connectivity index (χ4v) is 4.37. The first kappa shape index (κ1) is 23.8. The number of benzene rings is 3. The average Bonchev–Trinajstić information content (AvgIpc) is 3.14. The number of rotatable bonds is 6. The zero-order chi connectivity index (χ0) is 24.4. The Kier molecular flexibility index (Phi) is 6.93. The van der Waals surface area contributed by atoms with Gasteiger partial charge in [-0.3, -0.25) is 0 Å². The third-order valence-corrected chi connectivity index (χ3v) is 6.00. The van der Waals surface area contributed by atoms with Crippen molar-refractivity contribution in [3.8, 4) is 5.88 Å². The van der Waals surface area contributed by atoms with Gasteiger partial charge >= 0.3 is 5.97 Å². The number of fused-ring (bicyclic) bond motifs is 1. The quantitative estimate of drug-likeness (QED) is 0.246. The lowest BCUT2D eigenvalue weighted by atomic mass is 10.00. The Balaban J connectivity index is 1.91. The monoisotopic (exact) mass is 495 g/mol. The van der Waals surface area contributed by atoms with Crippen LogP contribution in [0.25, 0.3) is 10.9 Å². The van der Waals surface area contributed by atoms with Gasteiger partial charge in [0.1, 0.15) is 0 Å². The number of nitrogens with one attached hydrogen (secondary N) is 1. The molecule has 34 heavy (non-hydrogen) atoms. The van der Waals surface area contributed by atoms with Crippen LogP contribution in [0, 0.1) is 0 Å². The fourth-order valence-electron chi connectivity index (χ4n) is 3.78. The fraction of sp³-hybridized carbons (Fsp3) is 0.154. The molecule has 6 nitrogen and oxygen atoms in total. The highest BCUT2D eigenvalue weighted by molar-refractivity contribution is 6.36. The topological polar surface area (TPSA) is 77.9 Å². The number of carbonyl (C=O) groups is 1. The molecule has 1 heterocycles. The second kappa shape index (κ2) is 9.89. The molecule has 0 amide bonds. The lowest BCUT2D eigenvalue weighted by molar-refractivity contribution is 0.0601. The van der Waals surface area contributed by atoms with Gasteiger partial charge in [0.2, 0.25) is 0 Å². The number of ether oxygens (including phenoxy) is 1. The third kappa shape index (κ3) is 4.80. The lowest BCUT2D eigenvalue weighted by Crippen LogP contribution is -2.11. The molecule has 4 aromatic rings. The molecule has 0 aliphatic rings. The van der Waals surface area contributed by atoms with E-state index in [0.717, 1.165) is 11.1 Å². The number of H-pyrrole nitrogens is 1. The summed E-state index contributed by atoms with van der Waals surface area (Å²) in [5.41, 5.74) is 4.15. The molecule has 0 unspecified atom stereocenters. The van der Waals surface area contributed by atoms with Crippen molar-refractivity contribution in [1.29, 1.82) is 0 Å². The summed E-state index contributed by atoms with van der Waals surface area (Å²) >= 11 is 13.1. The maximum absolute atomic E-state index is 12.0. The van der Waals surface area contributed by atoms with Gasteiger partial charge in [-0.25, -0.2) is 9.79 Å². The van der Waals surface area contributed by atoms with E-state index in [1.54, 1.807) is 30.3 Å². The highest BCUT2D eigenvalue weighted by Gasteiger charge is 2.20. The van der Waals surface area contributed by atoms with E-state index in [0.29, 0.717) is 50.0 Å². The normalized spacial score (nSPS) is 11.9. The van der Waals surface area contributed by atoms with E-state index in [9.17, 15) is 9.90 Å². The van der Waals surface area contributed by atoms with Gasteiger partial charge in [-0.15, -0.1) is 0 Å². The van der Waals surface area contributed by atoms with E-state index in [1.165, 1.54) is 7.11 Å². The number of aromatic amines is 1. The second-order valence-electron chi connectivity index (χ2n) is 8.05. The van der Waals surface area contributed by atoms with E-state index in [1.807, 2.05) is 49.3 Å². The number of halogens is 2. The van der Waals surface area contributed by atoms with Gasteiger partial charge in [-0.05, 0) is 38.4 Å². The second-order valence-corrected chi connectivity index (χ2v) is 8.87. The minimum Gasteiger partial charge on any atom is -0.494 e. The Bertz CT molecular complexity index is 1370. The number of aromatic nitrogens is 1. The molecule has 0 atom stereocenters. The number of hydrogen-bond donors (Lipinski definition) is 2. The molecule has 0 fully saturated rings. The summed E-state index contributed by atoms with van der Waals surface area (Å²) < 4.78 is 4.81. The van der Waals surface area contributed by atoms with Crippen molar-refractivity contribution in [2.24, 2.45) is 4.99 Å². The van der Waals surface area contributed by atoms with Crippen LogP contribution in [0.3, 0.4) is 0 Å². The Morgan fingerprint density at radius 1 is 1.03 bits per heavy atom. The van der Waals surface area contributed by atoms with Crippen LogP contribution in [0.15, 0.2) is 65.7 Å². The smallest absolute Gasteiger partial charge is 0.337 e. The van der Waals surface area contributed by atoms with Crippen LogP contribution in [0.1, 0.15) is 27.0 Å². The van der Waals surface area contributed by atoms with Crippen LogP contribution in [0.5, 0.6) is 5.88 Å². The Hall–Kier alpha value is -3.32. The molecule has 0 saturated heterocycles. The average molecular weight is 496 g/mol. The molecular formula is C26H23Cl2N3O3. The number of esters is 1. The summed E-state index contributed by atoms with van der Waals surface area (Å²) in [7, 11) is 5.21. The van der Waals surface area contributed by atoms with Crippen molar-refractivity contribution in [3.63, 3.8) is 0 Å². The van der Waals surface area contributed by atoms with Crippen molar-refractivity contribution in [2.45, 2.75) is 6.54 Å². The first-order chi connectivity index (χ1) is 16.3. The van der Waals surface area contributed by atoms with Gasteiger partial charge < -0.3 is 19.7 Å².